The molecule has 1 saturated heterocycles. The van der Waals surface area contributed by atoms with Crippen LogP contribution in [0.25, 0.3) is 0 Å². The lowest BCUT2D eigenvalue weighted by Crippen LogP contribution is -2.31. The van der Waals surface area contributed by atoms with Crippen molar-refractivity contribution >= 4 is 40.6 Å². The molecule has 3 atom stereocenters. The molecular formula is C33H37N5O5S. The monoisotopic (exact) mass is 615 g/mol. The van der Waals surface area contributed by atoms with Crippen LogP contribution in [-0.2, 0) is 32.7 Å². The Kier molecular flexibility index (Phi) is 10.7. The molecule has 2 amide bonds. The Morgan fingerprint density at radius 2 is 1.77 bits per heavy atom. The number of anilines is 3. The average molecular weight is 616 g/mol. The van der Waals surface area contributed by atoms with Crippen LogP contribution in [0.1, 0.15) is 54.8 Å². The van der Waals surface area contributed by atoms with Gasteiger partial charge < -0.3 is 35.5 Å². The summed E-state index contributed by atoms with van der Waals surface area (Å²) in [5.74, 6) is 0.308. The van der Waals surface area contributed by atoms with Crippen LogP contribution in [0.15, 0.2) is 90.3 Å². The van der Waals surface area contributed by atoms with Crippen molar-refractivity contribution < 1.29 is 24.2 Å². The van der Waals surface area contributed by atoms with Gasteiger partial charge in [0.15, 0.2) is 11.4 Å². The Labute approximate surface area is 261 Å². The molecule has 0 bridgehead atoms. The van der Waals surface area contributed by atoms with Gasteiger partial charge in [0.05, 0.1) is 30.2 Å². The van der Waals surface area contributed by atoms with E-state index in [1.807, 2.05) is 66.3 Å². The minimum absolute atomic E-state index is 0.0189. The molecule has 1 aromatic heterocycles. The first kappa shape index (κ1) is 31.3. The summed E-state index contributed by atoms with van der Waals surface area (Å²) >= 11 is 1.63. The molecule has 1 fully saturated rings. The fourth-order valence-electron chi connectivity index (χ4n) is 4.90. The number of aliphatic hydroxyl groups is 1. The zero-order chi connectivity index (χ0) is 30.9. The van der Waals surface area contributed by atoms with Crippen LogP contribution in [0.2, 0.25) is 0 Å². The number of thioether (sulfide) groups is 1. The molecule has 5 rings (SSSR count). The molecule has 1 aliphatic rings. The Morgan fingerprint density at radius 3 is 2.50 bits per heavy atom. The number of para-hydroxylation sites is 2. The largest absolute Gasteiger partial charge is 0.397 e. The maximum absolute atomic E-state index is 12.7. The molecule has 11 heteroatoms. The van der Waals surface area contributed by atoms with E-state index in [4.69, 9.17) is 15.2 Å². The maximum Gasteiger partial charge on any atom is 0.224 e. The first-order valence-electron chi connectivity index (χ1n) is 14.5. The summed E-state index contributed by atoms with van der Waals surface area (Å²) in [5.41, 5.74) is 10.2. The predicted octanol–water partition coefficient (Wildman–Crippen LogP) is 5.58. The maximum atomic E-state index is 12.7. The highest BCUT2D eigenvalue weighted by Gasteiger charge is 2.32. The van der Waals surface area contributed by atoms with E-state index in [0.29, 0.717) is 35.7 Å². The number of aliphatic hydroxyl groups excluding tert-OH is 1. The SMILES string of the molecule is Cn1ccnc1SC[C@H]1C[C@@H](c2ccc(CO)cc2)O[C@@H](c2cccc(NC(=O)CCCC(=O)Nc3ccccc3N)c2)O1. The number of nitrogens with two attached hydrogens (primary N) is 1. The lowest BCUT2D eigenvalue weighted by molar-refractivity contribution is -0.245. The van der Waals surface area contributed by atoms with Crippen molar-refractivity contribution in [2.75, 3.05) is 22.1 Å². The van der Waals surface area contributed by atoms with E-state index in [2.05, 4.69) is 15.6 Å². The van der Waals surface area contributed by atoms with Gasteiger partial charge in [0, 0.05) is 55.7 Å². The van der Waals surface area contributed by atoms with Crippen LogP contribution >= 0.6 is 11.8 Å². The second-order valence-electron chi connectivity index (χ2n) is 10.6. The number of hydrogen-bond donors (Lipinski definition) is 4. The number of imidazole rings is 1. The Hall–Kier alpha value is -4.16. The van der Waals surface area contributed by atoms with Crippen LogP contribution in [0.3, 0.4) is 0 Å². The van der Waals surface area contributed by atoms with Crippen molar-refractivity contribution in [3.63, 3.8) is 0 Å². The second kappa shape index (κ2) is 15.0. The van der Waals surface area contributed by atoms with Crippen LogP contribution < -0.4 is 16.4 Å². The van der Waals surface area contributed by atoms with Gasteiger partial charge in [-0.15, -0.1) is 0 Å². The topological polar surface area (TPSA) is 141 Å². The molecule has 0 unspecified atom stereocenters. The van der Waals surface area contributed by atoms with Crippen LogP contribution in [0.5, 0.6) is 0 Å². The summed E-state index contributed by atoms with van der Waals surface area (Å²) in [6.07, 6.45) is 4.15. The van der Waals surface area contributed by atoms with E-state index in [1.54, 1.807) is 42.2 Å². The van der Waals surface area contributed by atoms with E-state index in [-0.39, 0.29) is 43.5 Å². The summed E-state index contributed by atoms with van der Waals surface area (Å²) in [5, 5.41) is 16.1. The quantitative estimate of drug-likeness (QED) is 0.120. The highest BCUT2D eigenvalue weighted by atomic mass is 32.2. The fourth-order valence-corrected chi connectivity index (χ4v) is 5.85. The van der Waals surface area contributed by atoms with Gasteiger partial charge in [0.1, 0.15) is 0 Å². The Bertz CT molecular complexity index is 1560. The van der Waals surface area contributed by atoms with Gasteiger partial charge in [-0.3, -0.25) is 9.59 Å². The standard InChI is InChI=1S/C33H37N5O5S/c1-38-17-16-35-33(38)44-21-26-19-29(23-14-12-22(20-39)13-15-23)43-32(42-26)24-6-4-7-25(18-24)36-30(40)10-5-11-31(41)37-28-9-3-2-8-27(28)34/h2-4,6-9,12-18,26,29,32,39H,5,10-11,19-21,34H2,1H3,(H,36,40)(H,37,41)/t26-,29+,32+/m1/s1. The predicted molar refractivity (Wildman–Crippen MR) is 171 cm³/mol. The minimum atomic E-state index is -0.649. The van der Waals surface area contributed by atoms with Gasteiger partial charge in [-0.1, -0.05) is 60.3 Å². The summed E-state index contributed by atoms with van der Waals surface area (Å²) in [4.78, 5) is 29.4. The van der Waals surface area contributed by atoms with Crippen molar-refractivity contribution in [2.45, 2.75) is 55.9 Å². The number of carbonyl (C=O) groups is 2. The van der Waals surface area contributed by atoms with Crippen molar-refractivity contribution in [1.29, 1.82) is 0 Å². The smallest absolute Gasteiger partial charge is 0.224 e. The first-order chi connectivity index (χ1) is 21.4. The van der Waals surface area contributed by atoms with Crippen LogP contribution in [0.4, 0.5) is 17.1 Å². The van der Waals surface area contributed by atoms with Gasteiger partial charge in [-0.05, 0) is 41.8 Å². The van der Waals surface area contributed by atoms with Gasteiger partial charge in [-0.25, -0.2) is 4.98 Å². The number of nitrogens with zero attached hydrogens (tertiary/aromatic N) is 2. The second-order valence-corrected chi connectivity index (χ2v) is 11.6. The highest BCUT2D eigenvalue weighted by molar-refractivity contribution is 7.99. The Morgan fingerprint density at radius 1 is 1.00 bits per heavy atom. The molecule has 0 spiro atoms. The number of ether oxygens (including phenoxy) is 2. The number of aromatic nitrogens is 2. The van der Waals surface area contributed by atoms with Gasteiger partial charge in [0.2, 0.25) is 11.8 Å². The Balaban J connectivity index is 1.20. The van der Waals surface area contributed by atoms with E-state index in [1.165, 1.54) is 0 Å². The molecule has 3 aromatic carbocycles. The zero-order valence-electron chi connectivity index (χ0n) is 24.5. The molecule has 0 radical (unpaired) electrons. The number of benzene rings is 3. The van der Waals surface area contributed by atoms with Crippen LogP contribution in [-0.4, -0.2) is 38.3 Å². The number of amides is 2. The van der Waals surface area contributed by atoms with Crippen molar-refractivity contribution in [1.82, 2.24) is 9.55 Å². The molecule has 230 valence electrons. The molecule has 10 nitrogen and oxygen atoms in total. The lowest BCUT2D eigenvalue weighted by atomic mass is 10.0. The minimum Gasteiger partial charge on any atom is -0.397 e. The number of aryl methyl sites for hydroxylation is 1. The van der Waals surface area contributed by atoms with Crippen LogP contribution in [0, 0.1) is 0 Å². The molecule has 4 aromatic rings. The zero-order valence-corrected chi connectivity index (χ0v) is 25.3. The third kappa shape index (κ3) is 8.48. The first-order valence-corrected chi connectivity index (χ1v) is 15.5. The molecule has 44 heavy (non-hydrogen) atoms. The summed E-state index contributed by atoms with van der Waals surface area (Å²) in [6.45, 7) is -0.0189. The lowest BCUT2D eigenvalue weighted by Gasteiger charge is -2.36. The van der Waals surface area contributed by atoms with Crippen molar-refractivity contribution in [2.24, 2.45) is 7.05 Å². The highest BCUT2D eigenvalue weighted by Crippen LogP contribution is 2.39. The van der Waals surface area contributed by atoms with E-state index in [0.717, 1.165) is 21.8 Å². The summed E-state index contributed by atoms with van der Waals surface area (Å²) in [7, 11) is 1.96. The normalized spacial score (nSPS) is 18.1. The number of nitrogen functional groups attached to an aromatic ring is 1. The number of carbonyl (C=O) groups excluding carboxylic acids is 2. The molecule has 2 heterocycles. The average Bonchev–Trinajstić information content (AvgIpc) is 3.45. The number of rotatable bonds is 12. The molecule has 0 aliphatic carbocycles. The third-order valence-electron chi connectivity index (χ3n) is 7.28. The number of nitrogens with one attached hydrogen (secondary N) is 2. The molecule has 5 N–H and O–H groups in total. The van der Waals surface area contributed by atoms with Crippen molar-refractivity contribution in [3.05, 3.63) is 102 Å². The van der Waals surface area contributed by atoms with Crippen molar-refractivity contribution in [3.8, 4) is 0 Å². The van der Waals surface area contributed by atoms with Gasteiger partial charge in [-0.2, -0.15) is 0 Å². The molecular weight excluding hydrogens is 578 g/mol. The van der Waals surface area contributed by atoms with Gasteiger partial charge >= 0.3 is 0 Å². The number of hydrogen-bond acceptors (Lipinski definition) is 8. The van der Waals surface area contributed by atoms with E-state index < -0.39 is 6.29 Å². The molecule has 0 saturated carbocycles. The van der Waals surface area contributed by atoms with Gasteiger partial charge in [0.25, 0.3) is 0 Å². The molecule has 1 aliphatic heterocycles. The van der Waals surface area contributed by atoms with E-state index >= 15 is 0 Å². The fraction of sp³-hybridized carbons (Fsp3) is 0.303. The third-order valence-corrected chi connectivity index (χ3v) is 8.47. The summed E-state index contributed by atoms with van der Waals surface area (Å²) < 4.78 is 14.9. The van der Waals surface area contributed by atoms with E-state index in [9.17, 15) is 14.7 Å². The summed E-state index contributed by atoms with van der Waals surface area (Å²) in [6, 6.07) is 22.3.